The lowest BCUT2D eigenvalue weighted by atomic mass is 9.86. The third-order valence-electron chi connectivity index (χ3n) is 5.53. The molecule has 2 atom stereocenters. The maximum atomic E-state index is 12.6. The fraction of sp³-hybridized carbons (Fsp3) is 0.600. The Morgan fingerprint density at radius 3 is 2.82 bits per heavy atom. The van der Waals surface area contributed by atoms with E-state index in [0.717, 1.165) is 29.7 Å². The largest absolute Gasteiger partial charge is 0.456 e. The second kappa shape index (κ2) is 8.86. The van der Waals surface area contributed by atoms with Crippen LogP contribution < -0.4 is 10.9 Å². The molecule has 1 N–H and O–H groups in total. The van der Waals surface area contributed by atoms with Crippen molar-refractivity contribution in [3.8, 4) is 0 Å². The first kappa shape index (κ1) is 20.5. The molecular weight excluding hydrogens is 378 g/mol. The van der Waals surface area contributed by atoms with Gasteiger partial charge in [0.1, 0.15) is 4.83 Å². The first-order chi connectivity index (χ1) is 13.4. The number of hydrogen-bond acceptors (Lipinski definition) is 6. The molecule has 1 fully saturated rings. The van der Waals surface area contributed by atoms with Gasteiger partial charge in [-0.3, -0.25) is 19.0 Å². The third-order valence-corrected chi connectivity index (χ3v) is 6.65. The van der Waals surface area contributed by atoms with Crippen LogP contribution in [0.4, 0.5) is 0 Å². The summed E-state index contributed by atoms with van der Waals surface area (Å²) in [4.78, 5) is 42.7. The number of ether oxygens (including phenoxy) is 1. The quantitative estimate of drug-likeness (QED) is 0.746. The highest BCUT2D eigenvalue weighted by molar-refractivity contribution is 7.18. The summed E-state index contributed by atoms with van der Waals surface area (Å²) >= 11 is 1.49. The van der Waals surface area contributed by atoms with Crippen LogP contribution in [0.5, 0.6) is 0 Å². The van der Waals surface area contributed by atoms with E-state index in [0.29, 0.717) is 16.1 Å². The molecule has 2 unspecified atom stereocenters. The van der Waals surface area contributed by atoms with Crippen molar-refractivity contribution in [2.75, 3.05) is 6.61 Å². The number of esters is 1. The third kappa shape index (κ3) is 4.60. The standard InChI is InChI=1S/C20H27N3O4S/c1-12-6-4-5-7-15(12)22-16(24)10-27-17(25)8-9-23-11-21-19-18(20(23)26)13(2)14(3)28-19/h11-12,15H,4-10H2,1-3H3,(H,22,24). The molecular formula is C20H27N3O4S. The number of nitrogens with one attached hydrogen (secondary N) is 1. The number of carbonyl (C=O) groups is 2. The Kier molecular flexibility index (Phi) is 6.49. The van der Waals surface area contributed by atoms with E-state index in [2.05, 4.69) is 17.2 Å². The first-order valence-corrected chi connectivity index (χ1v) is 10.6. The van der Waals surface area contributed by atoms with Crippen molar-refractivity contribution in [2.24, 2.45) is 5.92 Å². The van der Waals surface area contributed by atoms with Gasteiger partial charge in [-0.05, 0) is 38.2 Å². The van der Waals surface area contributed by atoms with Gasteiger partial charge in [0.2, 0.25) is 0 Å². The monoisotopic (exact) mass is 405 g/mol. The number of rotatable bonds is 6. The van der Waals surface area contributed by atoms with Crippen molar-refractivity contribution < 1.29 is 14.3 Å². The minimum Gasteiger partial charge on any atom is -0.456 e. The van der Waals surface area contributed by atoms with Gasteiger partial charge in [0.25, 0.3) is 11.5 Å². The lowest BCUT2D eigenvalue weighted by Gasteiger charge is -2.29. The van der Waals surface area contributed by atoms with E-state index in [-0.39, 0.29) is 37.1 Å². The summed E-state index contributed by atoms with van der Waals surface area (Å²) in [6.45, 7) is 5.90. The minimum absolute atomic E-state index is 0.0162. The average Bonchev–Trinajstić information content (AvgIpc) is 2.96. The van der Waals surface area contributed by atoms with Crippen LogP contribution in [-0.2, 0) is 20.9 Å². The van der Waals surface area contributed by atoms with Gasteiger partial charge in [-0.15, -0.1) is 11.3 Å². The summed E-state index contributed by atoms with van der Waals surface area (Å²) < 4.78 is 6.50. The summed E-state index contributed by atoms with van der Waals surface area (Å²) in [6, 6.07) is 0.161. The molecule has 3 rings (SSSR count). The Hall–Kier alpha value is -2.22. The fourth-order valence-corrected chi connectivity index (χ4v) is 4.63. The van der Waals surface area contributed by atoms with Crippen molar-refractivity contribution in [2.45, 2.75) is 65.5 Å². The van der Waals surface area contributed by atoms with Crippen LogP contribution in [0.25, 0.3) is 10.2 Å². The van der Waals surface area contributed by atoms with Gasteiger partial charge in [0.15, 0.2) is 6.61 Å². The summed E-state index contributed by atoms with van der Waals surface area (Å²) in [7, 11) is 0. The predicted octanol–water partition coefficient (Wildman–Crippen LogP) is 2.70. The van der Waals surface area contributed by atoms with Gasteiger partial charge in [0.05, 0.1) is 18.1 Å². The van der Waals surface area contributed by atoms with E-state index >= 15 is 0 Å². The molecule has 1 aliphatic carbocycles. The molecule has 1 saturated carbocycles. The average molecular weight is 406 g/mol. The molecule has 0 radical (unpaired) electrons. The first-order valence-electron chi connectivity index (χ1n) is 9.77. The zero-order chi connectivity index (χ0) is 20.3. The van der Waals surface area contributed by atoms with E-state index in [1.807, 2.05) is 13.8 Å². The predicted molar refractivity (Wildman–Crippen MR) is 108 cm³/mol. The Morgan fingerprint density at radius 1 is 1.32 bits per heavy atom. The number of hydrogen-bond donors (Lipinski definition) is 1. The second-order valence-corrected chi connectivity index (χ2v) is 8.76. The van der Waals surface area contributed by atoms with Gasteiger partial charge < -0.3 is 10.1 Å². The minimum atomic E-state index is -0.503. The fourth-order valence-electron chi connectivity index (χ4n) is 3.64. The molecule has 2 aromatic heterocycles. The highest BCUT2D eigenvalue weighted by atomic mass is 32.1. The molecule has 152 valence electrons. The Balaban J connectivity index is 1.50. The van der Waals surface area contributed by atoms with Crippen molar-refractivity contribution >= 4 is 33.4 Å². The van der Waals surface area contributed by atoms with E-state index < -0.39 is 5.97 Å². The molecule has 1 amide bonds. The normalized spacial score (nSPS) is 19.5. The van der Waals surface area contributed by atoms with E-state index in [9.17, 15) is 14.4 Å². The van der Waals surface area contributed by atoms with Crippen LogP contribution in [0.2, 0.25) is 0 Å². The number of fused-ring (bicyclic) bond motifs is 1. The summed E-state index contributed by atoms with van der Waals surface area (Å²) in [5, 5.41) is 3.57. The second-order valence-electron chi connectivity index (χ2n) is 7.55. The zero-order valence-corrected chi connectivity index (χ0v) is 17.4. The van der Waals surface area contributed by atoms with Crippen LogP contribution in [0.1, 0.15) is 49.5 Å². The highest BCUT2D eigenvalue weighted by Gasteiger charge is 2.23. The van der Waals surface area contributed by atoms with Crippen LogP contribution in [0.15, 0.2) is 11.1 Å². The molecule has 28 heavy (non-hydrogen) atoms. The zero-order valence-electron chi connectivity index (χ0n) is 16.6. The summed E-state index contributed by atoms with van der Waals surface area (Å²) in [5.41, 5.74) is 0.784. The smallest absolute Gasteiger partial charge is 0.308 e. The van der Waals surface area contributed by atoms with Gasteiger partial charge in [-0.2, -0.15) is 0 Å². The number of aromatic nitrogens is 2. The Labute approximate surface area is 168 Å². The topological polar surface area (TPSA) is 90.3 Å². The molecule has 8 heteroatoms. The van der Waals surface area contributed by atoms with Gasteiger partial charge >= 0.3 is 5.97 Å². The van der Waals surface area contributed by atoms with Crippen LogP contribution in [-0.4, -0.2) is 34.1 Å². The maximum absolute atomic E-state index is 12.6. The highest BCUT2D eigenvalue weighted by Crippen LogP contribution is 2.25. The number of carbonyl (C=O) groups excluding carboxylic acids is 2. The van der Waals surface area contributed by atoms with Crippen molar-refractivity contribution in [1.82, 2.24) is 14.9 Å². The SMILES string of the molecule is Cc1sc2ncn(CCC(=O)OCC(=O)NC3CCCCC3C)c(=O)c2c1C. The molecule has 2 aromatic rings. The molecule has 2 heterocycles. The number of nitrogens with zero attached hydrogens (tertiary/aromatic N) is 2. The maximum Gasteiger partial charge on any atom is 0.308 e. The van der Waals surface area contributed by atoms with Crippen molar-refractivity contribution in [3.63, 3.8) is 0 Å². The summed E-state index contributed by atoms with van der Waals surface area (Å²) in [5.74, 6) is -0.319. The lowest BCUT2D eigenvalue weighted by molar-refractivity contribution is -0.149. The molecule has 0 spiro atoms. The number of thiophene rings is 1. The van der Waals surface area contributed by atoms with E-state index in [1.54, 1.807) is 0 Å². The van der Waals surface area contributed by atoms with E-state index in [4.69, 9.17) is 4.74 Å². The number of amides is 1. The van der Waals surface area contributed by atoms with Gasteiger partial charge in [-0.25, -0.2) is 4.98 Å². The molecule has 0 aliphatic heterocycles. The van der Waals surface area contributed by atoms with Crippen molar-refractivity contribution in [3.05, 3.63) is 27.1 Å². The van der Waals surface area contributed by atoms with Crippen molar-refractivity contribution in [1.29, 1.82) is 0 Å². The van der Waals surface area contributed by atoms with Gasteiger partial charge in [0, 0.05) is 17.5 Å². The molecule has 0 aromatic carbocycles. The van der Waals surface area contributed by atoms with Crippen LogP contribution in [0.3, 0.4) is 0 Å². The molecule has 1 aliphatic rings. The van der Waals surface area contributed by atoms with Crippen LogP contribution in [0, 0.1) is 19.8 Å². The van der Waals surface area contributed by atoms with E-state index in [1.165, 1.54) is 28.7 Å². The molecule has 0 saturated heterocycles. The lowest BCUT2D eigenvalue weighted by Crippen LogP contribution is -2.42. The Bertz CT molecular complexity index is 933. The Morgan fingerprint density at radius 2 is 2.07 bits per heavy atom. The summed E-state index contributed by atoms with van der Waals surface area (Å²) in [6.07, 6.45) is 5.88. The molecule has 0 bridgehead atoms. The molecule has 7 nitrogen and oxygen atoms in total. The van der Waals surface area contributed by atoms with Crippen LogP contribution >= 0.6 is 11.3 Å². The number of aryl methyl sites for hydroxylation is 3. The van der Waals surface area contributed by atoms with Gasteiger partial charge in [-0.1, -0.05) is 19.8 Å².